The van der Waals surface area contributed by atoms with Gasteiger partial charge < -0.3 is 11.2 Å². The Kier molecular flexibility index (Phi) is 3.10. The van der Waals surface area contributed by atoms with Crippen LogP contribution in [-0.2, 0) is 0 Å². The quantitative estimate of drug-likeness (QED) is 0.316. The zero-order valence-corrected chi connectivity index (χ0v) is 6.22. The van der Waals surface area contributed by atoms with Gasteiger partial charge in [-0.3, -0.25) is 0 Å². The van der Waals surface area contributed by atoms with E-state index in [1.165, 1.54) is 0 Å². The van der Waals surface area contributed by atoms with Crippen molar-refractivity contribution >= 4 is 6.03 Å². The van der Waals surface area contributed by atoms with Gasteiger partial charge in [-0.05, 0) is 0 Å². The van der Waals surface area contributed by atoms with Gasteiger partial charge in [-0.1, -0.05) is 0 Å². The molecule has 0 atom stereocenters. The number of amides is 2. The first kappa shape index (κ1) is 8.87. The van der Waals surface area contributed by atoms with Crippen LogP contribution in [0.2, 0.25) is 0 Å². The van der Waals surface area contributed by atoms with Crippen molar-refractivity contribution in [2.24, 2.45) is 0 Å². The van der Waals surface area contributed by atoms with Gasteiger partial charge in [-0.15, -0.1) is 0 Å². The first-order chi connectivity index (χ1) is 3.72. The standard InChI is InChI=1S/C5H10N2O.Li.H/c1-6-3-4-7(2)5(6)8;;/h3-4H2,1-2H3;;/q;+1;-1. The molecule has 0 radical (unpaired) electrons. The molecule has 0 spiro atoms. The molecule has 0 bridgehead atoms. The van der Waals surface area contributed by atoms with Crippen LogP contribution in [0.15, 0.2) is 0 Å². The maximum atomic E-state index is 10.8. The Hall–Kier alpha value is -0.133. The number of nitrogens with zero attached hydrogens (tertiary/aromatic N) is 2. The third-order valence-electron chi connectivity index (χ3n) is 1.42. The molecule has 1 fully saturated rings. The minimum absolute atomic E-state index is 0. The molecule has 0 N–H and O–H groups in total. The molecule has 3 nitrogen and oxygen atoms in total. The van der Waals surface area contributed by atoms with Crippen molar-refractivity contribution in [3.05, 3.63) is 0 Å². The van der Waals surface area contributed by atoms with Crippen LogP contribution in [0.4, 0.5) is 4.79 Å². The average Bonchev–Trinajstić information content (AvgIpc) is 1.98. The number of likely N-dealkylation sites (N-methyl/N-ethyl adjacent to an activating group) is 2. The number of rotatable bonds is 0. The molecule has 0 saturated carbocycles. The minimum Gasteiger partial charge on any atom is -1.00 e. The van der Waals surface area contributed by atoms with Crippen LogP contribution in [0.1, 0.15) is 1.43 Å². The van der Waals surface area contributed by atoms with Gasteiger partial charge in [0, 0.05) is 27.2 Å². The third kappa shape index (κ3) is 1.64. The van der Waals surface area contributed by atoms with Gasteiger partial charge in [-0.2, -0.15) is 0 Å². The Morgan fingerprint density at radius 2 is 1.67 bits per heavy atom. The van der Waals surface area contributed by atoms with E-state index in [2.05, 4.69) is 0 Å². The van der Waals surface area contributed by atoms with Crippen molar-refractivity contribution in [2.75, 3.05) is 27.2 Å². The fourth-order valence-electron chi connectivity index (χ4n) is 0.783. The zero-order valence-electron chi connectivity index (χ0n) is 7.22. The van der Waals surface area contributed by atoms with Crippen molar-refractivity contribution in [3.8, 4) is 0 Å². The normalized spacial score (nSPS) is 18.2. The van der Waals surface area contributed by atoms with Crippen LogP contribution in [0.3, 0.4) is 0 Å². The van der Waals surface area contributed by atoms with Crippen molar-refractivity contribution < 1.29 is 25.1 Å². The number of carbonyl (C=O) groups excluding carboxylic acids is 1. The summed E-state index contributed by atoms with van der Waals surface area (Å²) in [5.41, 5.74) is 0. The van der Waals surface area contributed by atoms with Gasteiger partial charge in [0.1, 0.15) is 0 Å². The molecule has 4 heteroatoms. The van der Waals surface area contributed by atoms with Crippen molar-refractivity contribution in [1.29, 1.82) is 0 Å². The second-order valence-electron chi connectivity index (χ2n) is 2.13. The van der Waals surface area contributed by atoms with Crippen LogP contribution in [0, 0.1) is 0 Å². The maximum Gasteiger partial charge on any atom is 1.00 e. The topological polar surface area (TPSA) is 23.6 Å². The van der Waals surface area contributed by atoms with Crippen LogP contribution in [0.5, 0.6) is 0 Å². The van der Waals surface area contributed by atoms with Crippen molar-refractivity contribution in [2.45, 2.75) is 0 Å². The maximum absolute atomic E-state index is 10.8. The number of carbonyl (C=O) groups is 1. The summed E-state index contributed by atoms with van der Waals surface area (Å²) in [5.74, 6) is 0. The molecule has 9 heavy (non-hydrogen) atoms. The number of hydrogen-bond donors (Lipinski definition) is 0. The number of urea groups is 1. The van der Waals surface area contributed by atoms with E-state index in [-0.39, 0.29) is 26.3 Å². The minimum atomic E-state index is 0. The monoisotopic (exact) mass is 122 g/mol. The molecule has 0 aromatic carbocycles. The van der Waals surface area contributed by atoms with Gasteiger partial charge in [0.2, 0.25) is 0 Å². The summed E-state index contributed by atoms with van der Waals surface area (Å²) in [7, 11) is 3.62. The van der Waals surface area contributed by atoms with Crippen LogP contribution in [0.25, 0.3) is 0 Å². The van der Waals surface area contributed by atoms with E-state index in [4.69, 9.17) is 0 Å². The molecule has 1 aliphatic heterocycles. The van der Waals surface area contributed by atoms with E-state index in [9.17, 15) is 4.79 Å². The smallest absolute Gasteiger partial charge is 1.00 e. The second kappa shape index (κ2) is 3.14. The molecular weight excluding hydrogens is 111 g/mol. The molecule has 0 aromatic rings. The predicted molar refractivity (Wildman–Crippen MR) is 31.8 cm³/mol. The van der Waals surface area contributed by atoms with E-state index in [0.29, 0.717) is 0 Å². The van der Waals surface area contributed by atoms with Gasteiger partial charge in [0.05, 0.1) is 0 Å². The summed E-state index contributed by atoms with van der Waals surface area (Å²) in [6.45, 7) is 1.74. The molecule has 1 heterocycles. The predicted octanol–water partition coefficient (Wildman–Crippen LogP) is -2.90. The van der Waals surface area contributed by atoms with E-state index in [1.54, 1.807) is 9.80 Å². The first-order valence-electron chi connectivity index (χ1n) is 2.68. The van der Waals surface area contributed by atoms with Crippen molar-refractivity contribution in [3.63, 3.8) is 0 Å². The molecule has 0 aliphatic carbocycles. The SMILES string of the molecule is CN1CCN(C)C1=O.[H-].[Li+]. The average molecular weight is 122 g/mol. The summed E-state index contributed by atoms with van der Waals surface area (Å²) in [4.78, 5) is 14.2. The second-order valence-corrected chi connectivity index (χ2v) is 2.13. The number of hydrogen-bond acceptors (Lipinski definition) is 1. The fraction of sp³-hybridized carbons (Fsp3) is 0.800. The summed E-state index contributed by atoms with van der Waals surface area (Å²) >= 11 is 0. The third-order valence-corrected chi connectivity index (χ3v) is 1.42. The largest absolute Gasteiger partial charge is 1.00 e. The Morgan fingerprint density at radius 1 is 1.33 bits per heavy atom. The molecular formula is C5H11LiN2O. The van der Waals surface area contributed by atoms with Crippen LogP contribution >= 0.6 is 0 Å². The molecule has 1 aliphatic rings. The van der Waals surface area contributed by atoms with Crippen LogP contribution in [-0.4, -0.2) is 43.0 Å². The van der Waals surface area contributed by atoms with Gasteiger partial charge in [0.25, 0.3) is 0 Å². The van der Waals surface area contributed by atoms with E-state index in [1.807, 2.05) is 14.1 Å². The van der Waals surface area contributed by atoms with Gasteiger partial charge in [0.15, 0.2) is 0 Å². The Balaban J connectivity index is 0. The van der Waals surface area contributed by atoms with E-state index in [0.717, 1.165) is 13.1 Å². The molecule has 0 unspecified atom stereocenters. The Labute approximate surface area is 68.7 Å². The summed E-state index contributed by atoms with van der Waals surface area (Å²) in [6.07, 6.45) is 0. The van der Waals surface area contributed by atoms with E-state index < -0.39 is 0 Å². The first-order valence-corrected chi connectivity index (χ1v) is 2.68. The summed E-state index contributed by atoms with van der Waals surface area (Å²) < 4.78 is 0. The fourth-order valence-corrected chi connectivity index (χ4v) is 0.783. The summed E-state index contributed by atoms with van der Waals surface area (Å²) in [6, 6.07) is 0.130. The van der Waals surface area contributed by atoms with Gasteiger partial charge >= 0.3 is 24.9 Å². The van der Waals surface area contributed by atoms with Gasteiger partial charge in [-0.25, -0.2) is 4.79 Å². The molecule has 1 rings (SSSR count). The summed E-state index contributed by atoms with van der Waals surface area (Å²) in [5, 5.41) is 0. The molecule has 48 valence electrons. The van der Waals surface area contributed by atoms with Crippen molar-refractivity contribution in [1.82, 2.24) is 9.80 Å². The Bertz CT molecular complexity index is 110. The van der Waals surface area contributed by atoms with E-state index >= 15 is 0 Å². The molecule has 2 amide bonds. The molecule has 1 saturated heterocycles. The Morgan fingerprint density at radius 3 is 1.78 bits per heavy atom. The molecule has 0 aromatic heterocycles. The van der Waals surface area contributed by atoms with Crippen LogP contribution < -0.4 is 18.9 Å². The zero-order chi connectivity index (χ0) is 6.15.